The Balaban J connectivity index is 1.27. The predicted molar refractivity (Wildman–Crippen MR) is 174 cm³/mol. The molecule has 47 heavy (non-hydrogen) atoms. The minimum atomic E-state index is -0.335. The van der Waals surface area contributed by atoms with Gasteiger partial charge in [-0.2, -0.15) is 15.0 Å². The lowest BCUT2D eigenvalue weighted by atomic mass is 10.1. The average molecular weight is 657 g/mol. The fourth-order valence-electron chi connectivity index (χ4n) is 5.30. The van der Waals surface area contributed by atoms with Crippen LogP contribution in [0.4, 0.5) is 0 Å². The fraction of sp³-hybridized carbons (Fsp3) is 0.303. The highest BCUT2D eigenvalue weighted by Gasteiger charge is 2.25. The molecule has 1 aliphatic rings. The van der Waals surface area contributed by atoms with Crippen molar-refractivity contribution < 1.29 is 19.1 Å². The van der Waals surface area contributed by atoms with E-state index in [9.17, 15) is 14.4 Å². The third-order valence-electron chi connectivity index (χ3n) is 7.62. The van der Waals surface area contributed by atoms with Gasteiger partial charge in [-0.05, 0) is 68.4 Å². The molecule has 1 aliphatic heterocycles. The second-order valence-corrected chi connectivity index (χ2v) is 11.7. The monoisotopic (exact) mass is 656 g/mol. The number of rotatable bonds is 11. The van der Waals surface area contributed by atoms with Gasteiger partial charge in [-0.3, -0.25) is 23.9 Å². The molecule has 0 atom stereocenters. The molecule has 0 saturated carbocycles. The molecule has 6 rings (SSSR count). The highest BCUT2D eigenvalue weighted by molar-refractivity contribution is 6.30. The molecule has 0 unspecified atom stereocenters. The number of carbonyl (C=O) groups is 2. The van der Waals surface area contributed by atoms with Crippen LogP contribution in [0, 0.1) is 0 Å². The molecule has 0 aliphatic carbocycles. The first-order chi connectivity index (χ1) is 22.7. The summed E-state index contributed by atoms with van der Waals surface area (Å²) in [5, 5.41) is 9.00. The Morgan fingerprint density at radius 3 is 2.43 bits per heavy atom. The number of benzene rings is 2. The van der Waals surface area contributed by atoms with E-state index < -0.39 is 0 Å². The zero-order chi connectivity index (χ0) is 32.9. The molecule has 0 N–H and O–H groups in total. The zero-order valence-corrected chi connectivity index (χ0v) is 26.7. The van der Waals surface area contributed by atoms with Gasteiger partial charge in [0.1, 0.15) is 23.9 Å². The molecular formula is C33H33ClN8O5. The van der Waals surface area contributed by atoms with E-state index in [1.807, 2.05) is 13.8 Å². The molecule has 4 heterocycles. The van der Waals surface area contributed by atoms with Crippen LogP contribution in [0.2, 0.25) is 5.02 Å². The van der Waals surface area contributed by atoms with Gasteiger partial charge in [0.15, 0.2) is 18.0 Å². The van der Waals surface area contributed by atoms with Crippen molar-refractivity contribution in [1.29, 1.82) is 0 Å². The first kappa shape index (κ1) is 31.8. The van der Waals surface area contributed by atoms with E-state index >= 15 is 0 Å². The summed E-state index contributed by atoms with van der Waals surface area (Å²) in [5.74, 6) is 1.08. The van der Waals surface area contributed by atoms with Crippen molar-refractivity contribution in [2.45, 2.75) is 33.0 Å². The lowest BCUT2D eigenvalue weighted by Gasteiger charge is -2.34. The SMILES string of the molecule is CC(C)Oc1ccc(C(=O)Cn2nccn2)cc1-n1c(CN2CCN(C(=O)COc3ccc(Cl)cc3)CC2)nc2ncccc2c1=O. The molecule has 0 radical (unpaired) electrons. The van der Waals surface area contributed by atoms with Crippen molar-refractivity contribution in [3.05, 3.63) is 100.0 Å². The van der Waals surface area contributed by atoms with Gasteiger partial charge in [0, 0.05) is 43.0 Å². The van der Waals surface area contributed by atoms with Gasteiger partial charge >= 0.3 is 0 Å². The number of pyridine rings is 1. The van der Waals surface area contributed by atoms with Crippen LogP contribution in [0.3, 0.4) is 0 Å². The first-order valence-electron chi connectivity index (χ1n) is 15.2. The number of fused-ring (bicyclic) bond motifs is 1. The molecule has 13 nitrogen and oxygen atoms in total. The highest BCUT2D eigenvalue weighted by Crippen LogP contribution is 2.27. The maximum absolute atomic E-state index is 14.1. The number of aromatic nitrogens is 6. The second-order valence-electron chi connectivity index (χ2n) is 11.3. The molecule has 1 fully saturated rings. The summed E-state index contributed by atoms with van der Waals surface area (Å²) >= 11 is 5.93. The summed E-state index contributed by atoms with van der Waals surface area (Å²) in [7, 11) is 0. The Labute approximate surface area is 275 Å². The molecule has 2 aromatic carbocycles. The normalized spacial score (nSPS) is 13.7. The third-order valence-corrected chi connectivity index (χ3v) is 7.87. The van der Waals surface area contributed by atoms with Gasteiger partial charge in [0.05, 0.1) is 36.1 Å². The predicted octanol–water partition coefficient (Wildman–Crippen LogP) is 3.42. The average Bonchev–Trinajstić information content (AvgIpc) is 3.58. The number of nitrogens with zero attached hydrogens (tertiary/aromatic N) is 8. The number of hydrogen-bond donors (Lipinski definition) is 0. The van der Waals surface area contributed by atoms with Gasteiger partial charge in [-0.1, -0.05) is 11.6 Å². The van der Waals surface area contributed by atoms with Crippen molar-refractivity contribution in [2.24, 2.45) is 0 Å². The molecule has 5 aromatic rings. The van der Waals surface area contributed by atoms with Crippen molar-refractivity contribution in [3.8, 4) is 17.2 Å². The Bertz CT molecular complexity index is 1940. The van der Waals surface area contributed by atoms with Gasteiger partial charge in [0.2, 0.25) is 0 Å². The van der Waals surface area contributed by atoms with Crippen LogP contribution in [0.1, 0.15) is 30.0 Å². The number of Topliss-reactive ketones (excluding diaryl/α,β-unsaturated/α-hetero) is 1. The highest BCUT2D eigenvalue weighted by atomic mass is 35.5. The number of hydrogen-bond acceptors (Lipinski definition) is 10. The Kier molecular flexibility index (Phi) is 9.55. The van der Waals surface area contributed by atoms with E-state index in [0.29, 0.717) is 77.4 Å². The van der Waals surface area contributed by atoms with Crippen LogP contribution in [0.25, 0.3) is 16.7 Å². The van der Waals surface area contributed by atoms with E-state index in [1.165, 1.54) is 21.8 Å². The quantitative estimate of drug-likeness (QED) is 0.195. The topological polar surface area (TPSA) is 138 Å². The maximum atomic E-state index is 14.1. The third kappa shape index (κ3) is 7.47. The lowest BCUT2D eigenvalue weighted by Crippen LogP contribution is -2.50. The van der Waals surface area contributed by atoms with Crippen LogP contribution in [-0.2, 0) is 17.9 Å². The van der Waals surface area contributed by atoms with E-state index in [4.69, 9.17) is 26.1 Å². The minimum absolute atomic E-state index is 0.0633. The number of carbonyl (C=O) groups excluding carboxylic acids is 2. The number of halogens is 1. The summed E-state index contributed by atoms with van der Waals surface area (Å²) in [6.07, 6.45) is 4.40. The Morgan fingerprint density at radius 1 is 0.957 bits per heavy atom. The maximum Gasteiger partial charge on any atom is 0.267 e. The standard InChI is InChI=1S/C33H33ClN8O5/c1-22(2)47-29-10-5-23(28(43)19-41-36-12-13-37-41)18-27(29)42-30(38-32-26(33(42)45)4-3-11-35-32)20-39-14-16-40(17-15-39)31(44)21-46-25-8-6-24(34)7-9-25/h3-13,18,22H,14-17,19-21H2,1-2H3. The van der Waals surface area contributed by atoms with Crippen molar-refractivity contribution in [3.63, 3.8) is 0 Å². The summed E-state index contributed by atoms with van der Waals surface area (Å²) in [4.78, 5) is 54.6. The van der Waals surface area contributed by atoms with Crippen LogP contribution >= 0.6 is 11.6 Å². The zero-order valence-electron chi connectivity index (χ0n) is 26.0. The summed E-state index contributed by atoms with van der Waals surface area (Å²) in [6.45, 7) is 5.98. The van der Waals surface area contributed by atoms with Crippen LogP contribution in [-0.4, -0.2) is 89.9 Å². The number of piperazine rings is 1. The van der Waals surface area contributed by atoms with E-state index in [0.717, 1.165) is 0 Å². The Hall–Kier alpha value is -5.14. The number of ether oxygens (including phenoxy) is 2. The molecule has 1 saturated heterocycles. The number of ketones is 1. The first-order valence-corrected chi connectivity index (χ1v) is 15.6. The molecule has 14 heteroatoms. The summed E-state index contributed by atoms with van der Waals surface area (Å²) in [6, 6.07) is 15.2. The fourth-order valence-corrected chi connectivity index (χ4v) is 5.43. The van der Waals surface area contributed by atoms with E-state index in [-0.39, 0.29) is 36.5 Å². The second kappa shape index (κ2) is 14.1. The van der Waals surface area contributed by atoms with Crippen molar-refractivity contribution >= 4 is 34.3 Å². The molecule has 242 valence electrons. The van der Waals surface area contributed by atoms with Crippen LogP contribution in [0.5, 0.6) is 11.5 Å². The van der Waals surface area contributed by atoms with Crippen LogP contribution < -0.4 is 15.0 Å². The van der Waals surface area contributed by atoms with Gasteiger partial charge in [-0.15, -0.1) is 0 Å². The largest absolute Gasteiger partial charge is 0.489 e. The summed E-state index contributed by atoms with van der Waals surface area (Å²) in [5.41, 5.74) is 0.744. The smallest absolute Gasteiger partial charge is 0.267 e. The van der Waals surface area contributed by atoms with E-state index in [1.54, 1.807) is 65.7 Å². The van der Waals surface area contributed by atoms with Gasteiger partial charge < -0.3 is 14.4 Å². The van der Waals surface area contributed by atoms with Crippen molar-refractivity contribution in [2.75, 3.05) is 32.8 Å². The van der Waals surface area contributed by atoms with Gasteiger partial charge in [0.25, 0.3) is 11.5 Å². The molecule has 1 amide bonds. The van der Waals surface area contributed by atoms with Crippen LogP contribution in [0.15, 0.2) is 78.0 Å². The minimum Gasteiger partial charge on any atom is -0.489 e. The van der Waals surface area contributed by atoms with E-state index in [2.05, 4.69) is 20.1 Å². The van der Waals surface area contributed by atoms with Gasteiger partial charge in [-0.25, -0.2) is 9.97 Å². The number of amides is 1. The molecule has 0 spiro atoms. The van der Waals surface area contributed by atoms with Crippen molar-refractivity contribution in [1.82, 2.24) is 39.3 Å². The molecular weight excluding hydrogens is 624 g/mol. The molecule has 3 aromatic heterocycles. The summed E-state index contributed by atoms with van der Waals surface area (Å²) < 4.78 is 13.3. The Morgan fingerprint density at radius 2 is 1.70 bits per heavy atom. The molecule has 0 bridgehead atoms. The lowest BCUT2D eigenvalue weighted by molar-refractivity contribution is -0.135.